The molecule has 0 amide bonds. The lowest BCUT2D eigenvalue weighted by Gasteiger charge is -2.05. The predicted octanol–water partition coefficient (Wildman–Crippen LogP) is 2.45. The number of nitrogens with one attached hydrogen (secondary N) is 1. The van der Waals surface area contributed by atoms with E-state index in [1.807, 2.05) is 6.07 Å². The molecule has 0 radical (unpaired) electrons. The highest BCUT2D eigenvalue weighted by Crippen LogP contribution is 2.28. The van der Waals surface area contributed by atoms with Gasteiger partial charge < -0.3 is 14.5 Å². The number of hydrogen-bond acceptors (Lipinski definition) is 2. The molecular weight excluding hydrogens is 234 g/mol. The standard InChI is InChI=1S/C9H8BrNO2/c10-9-7(2-4-13-9)8(12)6-1-3-11-5-6/h1-5,8,11-12H. The van der Waals surface area contributed by atoms with E-state index in [9.17, 15) is 5.11 Å². The van der Waals surface area contributed by atoms with Crippen LogP contribution in [0.1, 0.15) is 17.2 Å². The number of hydrogen-bond donors (Lipinski definition) is 2. The van der Waals surface area contributed by atoms with Gasteiger partial charge in [-0.2, -0.15) is 0 Å². The van der Waals surface area contributed by atoms with E-state index in [0.29, 0.717) is 4.67 Å². The molecule has 2 N–H and O–H groups in total. The molecule has 13 heavy (non-hydrogen) atoms. The maximum Gasteiger partial charge on any atom is 0.175 e. The third-order valence-electron chi connectivity index (χ3n) is 1.88. The normalized spacial score (nSPS) is 13.1. The first kappa shape index (κ1) is 8.59. The van der Waals surface area contributed by atoms with Crippen LogP contribution in [0.25, 0.3) is 0 Å². The number of aromatic nitrogens is 1. The van der Waals surface area contributed by atoms with Crippen LogP contribution in [0.3, 0.4) is 0 Å². The minimum Gasteiger partial charge on any atom is -0.457 e. The Kier molecular flexibility index (Phi) is 2.24. The van der Waals surface area contributed by atoms with Crippen molar-refractivity contribution in [2.75, 3.05) is 0 Å². The first-order chi connectivity index (χ1) is 6.29. The number of H-pyrrole nitrogens is 1. The molecule has 0 aliphatic heterocycles. The van der Waals surface area contributed by atoms with Gasteiger partial charge in [0.25, 0.3) is 0 Å². The average molecular weight is 242 g/mol. The zero-order valence-electron chi connectivity index (χ0n) is 6.70. The summed E-state index contributed by atoms with van der Waals surface area (Å²) in [5.74, 6) is 0. The molecule has 2 aromatic heterocycles. The molecule has 2 aromatic rings. The third kappa shape index (κ3) is 1.55. The number of halogens is 1. The van der Waals surface area contributed by atoms with Gasteiger partial charge in [0, 0.05) is 23.5 Å². The van der Waals surface area contributed by atoms with Crippen LogP contribution in [0.4, 0.5) is 0 Å². The van der Waals surface area contributed by atoms with Crippen molar-refractivity contribution in [3.8, 4) is 0 Å². The minimum atomic E-state index is -0.639. The van der Waals surface area contributed by atoms with E-state index < -0.39 is 6.10 Å². The monoisotopic (exact) mass is 241 g/mol. The number of rotatable bonds is 2. The molecule has 0 aliphatic carbocycles. The highest BCUT2D eigenvalue weighted by atomic mass is 79.9. The molecule has 0 fully saturated rings. The lowest BCUT2D eigenvalue weighted by Crippen LogP contribution is -1.96. The average Bonchev–Trinajstić information content (AvgIpc) is 2.72. The molecule has 68 valence electrons. The Morgan fingerprint density at radius 1 is 1.46 bits per heavy atom. The fourth-order valence-electron chi connectivity index (χ4n) is 1.19. The summed E-state index contributed by atoms with van der Waals surface area (Å²) in [6.45, 7) is 0. The Morgan fingerprint density at radius 3 is 2.85 bits per heavy atom. The summed E-state index contributed by atoms with van der Waals surface area (Å²) in [5.41, 5.74) is 1.56. The summed E-state index contributed by atoms with van der Waals surface area (Å²) in [5, 5.41) is 9.84. The Morgan fingerprint density at radius 2 is 2.31 bits per heavy atom. The van der Waals surface area contributed by atoms with Gasteiger partial charge in [0.1, 0.15) is 6.10 Å². The van der Waals surface area contributed by atoms with Crippen molar-refractivity contribution in [3.63, 3.8) is 0 Å². The predicted molar refractivity (Wildman–Crippen MR) is 51.3 cm³/mol. The van der Waals surface area contributed by atoms with Crippen LogP contribution >= 0.6 is 15.9 Å². The summed E-state index contributed by atoms with van der Waals surface area (Å²) in [7, 11) is 0. The minimum absolute atomic E-state index is 0.571. The summed E-state index contributed by atoms with van der Waals surface area (Å²) in [4.78, 5) is 2.89. The maximum absolute atomic E-state index is 9.84. The molecule has 1 atom stereocenters. The van der Waals surface area contributed by atoms with Gasteiger partial charge in [-0.05, 0) is 28.1 Å². The fourth-order valence-corrected chi connectivity index (χ4v) is 1.64. The van der Waals surface area contributed by atoms with E-state index in [0.717, 1.165) is 11.1 Å². The molecule has 4 heteroatoms. The molecule has 2 rings (SSSR count). The van der Waals surface area contributed by atoms with Crippen molar-refractivity contribution in [1.82, 2.24) is 4.98 Å². The fraction of sp³-hybridized carbons (Fsp3) is 0.111. The van der Waals surface area contributed by atoms with Crippen molar-refractivity contribution in [1.29, 1.82) is 0 Å². The van der Waals surface area contributed by atoms with Crippen molar-refractivity contribution < 1.29 is 9.52 Å². The summed E-state index contributed by atoms with van der Waals surface area (Å²) in [6.07, 6.45) is 4.42. The van der Waals surface area contributed by atoms with E-state index in [2.05, 4.69) is 20.9 Å². The molecule has 2 heterocycles. The molecular formula is C9H8BrNO2. The Hall–Kier alpha value is -1.00. The van der Waals surface area contributed by atoms with Crippen molar-refractivity contribution >= 4 is 15.9 Å². The quantitative estimate of drug-likeness (QED) is 0.849. The molecule has 0 spiro atoms. The van der Waals surface area contributed by atoms with Crippen LogP contribution in [0.15, 0.2) is 39.9 Å². The highest BCUT2D eigenvalue weighted by Gasteiger charge is 2.15. The van der Waals surface area contributed by atoms with E-state index in [1.165, 1.54) is 6.26 Å². The van der Waals surface area contributed by atoms with E-state index in [-0.39, 0.29) is 0 Å². The van der Waals surface area contributed by atoms with Gasteiger partial charge in [0.05, 0.1) is 6.26 Å². The first-order valence-corrected chi connectivity index (χ1v) is 4.62. The van der Waals surface area contributed by atoms with Crippen molar-refractivity contribution in [3.05, 3.63) is 46.6 Å². The summed E-state index contributed by atoms with van der Waals surface area (Å²) in [6, 6.07) is 3.56. The van der Waals surface area contributed by atoms with E-state index in [4.69, 9.17) is 4.42 Å². The van der Waals surface area contributed by atoms with Crippen molar-refractivity contribution in [2.45, 2.75) is 6.10 Å². The second-order valence-corrected chi connectivity index (χ2v) is 3.42. The third-order valence-corrected chi connectivity index (χ3v) is 2.52. The van der Waals surface area contributed by atoms with Crippen LogP contribution in [0.5, 0.6) is 0 Å². The number of aliphatic hydroxyl groups excluding tert-OH is 1. The highest BCUT2D eigenvalue weighted by molar-refractivity contribution is 9.10. The second kappa shape index (κ2) is 3.40. The summed E-state index contributed by atoms with van der Waals surface area (Å²) < 4.78 is 5.60. The van der Waals surface area contributed by atoms with Crippen LogP contribution in [0, 0.1) is 0 Å². The Labute approximate surface area is 83.5 Å². The molecule has 1 unspecified atom stereocenters. The smallest absolute Gasteiger partial charge is 0.175 e. The van der Waals surface area contributed by atoms with E-state index in [1.54, 1.807) is 18.5 Å². The SMILES string of the molecule is OC(c1cc[nH]c1)c1ccoc1Br. The molecule has 0 saturated heterocycles. The Bertz CT molecular complexity index is 380. The van der Waals surface area contributed by atoms with Crippen LogP contribution < -0.4 is 0 Å². The van der Waals surface area contributed by atoms with Gasteiger partial charge in [-0.15, -0.1) is 0 Å². The second-order valence-electron chi connectivity index (χ2n) is 2.70. The van der Waals surface area contributed by atoms with Gasteiger partial charge >= 0.3 is 0 Å². The molecule has 0 aromatic carbocycles. The van der Waals surface area contributed by atoms with Crippen LogP contribution in [-0.2, 0) is 0 Å². The number of aromatic amines is 1. The van der Waals surface area contributed by atoms with Crippen molar-refractivity contribution in [2.24, 2.45) is 0 Å². The number of furan rings is 1. The molecule has 0 saturated carbocycles. The zero-order chi connectivity index (χ0) is 9.26. The van der Waals surface area contributed by atoms with Gasteiger partial charge in [-0.1, -0.05) is 0 Å². The Balaban J connectivity index is 2.33. The molecule has 0 bridgehead atoms. The summed E-state index contributed by atoms with van der Waals surface area (Å²) >= 11 is 3.22. The lowest BCUT2D eigenvalue weighted by atomic mass is 10.1. The molecule has 0 aliphatic rings. The largest absolute Gasteiger partial charge is 0.457 e. The first-order valence-electron chi connectivity index (χ1n) is 3.82. The van der Waals surface area contributed by atoms with Gasteiger partial charge in [0.15, 0.2) is 4.67 Å². The van der Waals surface area contributed by atoms with Gasteiger partial charge in [0.2, 0.25) is 0 Å². The van der Waals surface area contributed by atoms with Crippen LogP contribution in [0.2, 0.25) is 0 Å². The maximum atomic E-state index is 9.84. The van der Waals surface area contributed by atoms with Crippen LogP contribution in [-0.4, -0.2) is 10.1 Å². The topological polar surface area (TPSA) is 49.2 Å². The lowest BCUT2D eigenvalue weighted by molar-refractivity contribution is 0.218. The molecule has 3 nitrogen and oxygen atoms in total. The van der Waals surface area contributed by atoms with Gasteiger partial charge in [-0.25, -0.2) is 0 Å². The zero-order valence-corrected chi connectivity index (χ0v) is 8.28. The number of aliphatic hydroxyl groups is 1. The van der Waals surface area contributed by atoms with Gasteiger partial charge in [-0.3, -0.25) is 0 Å². The van der Waals surface area contributed by atoms with E-state index >= 15 is 0 Å².